The van der Waals surface area contributed by atoms with Crippen LogP contribution in [-0.4, -0.2) is 68.2 Å². The molecule has 0 aliphatic heterocycles. The van der Waals surface area contributed by atoms with Gasteiger partial charge in [-0.15, -0.1) is 0 Å². The average Bonchev–Trinajstić information content (AvgIpc) is 3.08. The molecular weight excluding hydrogens is 412 g/mol. The third kappa shape index (κ3) is 6.54. The van der Waals surface area contributed by atoms with Crippen LogP contribution in [-0.2, 0) is 30.4 Å². The Hall–Kier alpha value is -3.93. The second kappa shape index (κ2) is 10.2. The number of amides is 2. The number of carboxylic acids is 3. The zero-order chi connectivity index (χ0) is 23.1. The zero-order valence-corrected chi connectivity index (χ0v) is 16.2. The van der Waals surface area contributed by atoms with Gasteiger partial charge in [0.2, 0.25) is 11.8 Å². The van der Waals surface area contributed by atoms with Crippen LogP contribution in [0.3, 0.4) is 0 Å². The Morgan fingerprint density at radius 1 is 0.903 bits per heavy atom. The first-order valence-electron chi connectivity index (χ1n) is 9.16. The van der Waals surface area contributed by atoms with E-state index in [4.69, 9.17) is 21.1 Å². The van der Waals surface area contributed by atoms with Gasteiger partial charge in [-0.25, -0.2) is 4.79 Å². The molecule has 0 aliphatic carbocycles. The van der Waals surface area contributed by atoms with Crippen molar-refractivity contribution < 1.29 is 39.3 Å². The fourth-order valence-corrected chi connectivity index (χ4v) is 2.94. The summed E-state index contributed by atoms with van der Waals surface area (Å²) >= 11 is 0. The van der Waals surface area contributed by atoms with E-state index >= 15 is 0 Å². The summed E-state index contributed by atoms with van der Waals surface area (Å²) in [6.07, 6.45) is -0.0155. The number of aromatic nitrogens is 1. The lowest BCUT2D eigenvalue weighted by Gasteiger charge is -2.22. The molecule has 12 nitrogen and oxygen atoms in total. The normalized spacial score (nSPS) is 13.7. The van der Waals surface area contributed by atoms with E-state index in [1.165, 1.54) is 0 Å². The van der Waals surface area contributed by atoms with Crippen LogP contribution in [0.15, 0.2) is 30.5 Å². The molecule has 12 heteroatoms. The minimum atomic E-state index is -1.72. The van der Waals surface area contributed by atoms with Crippen LogP contribution in [0.4, 0.5) is 0 Å². The van der Waals surface area contributed by atoms with Crippen molar-refractivity contribution >= 4 is 40.6 Å². The standard InChI is InChI=1S/C19H22N4O8/c20-11(6-15(24)25)17(28)22-13(18(29)23-14(19(30)31)7-16(26)27)5-9-8-21-12-4-2-1-3-10(9)12/h1-4,8,11,13-14,21H,5-7,20H2,(H,22,28)(H,23,29)(H,24,25)(H,26,27)(H,30,31). The van der Waals surface area contributed by atoms with Gasteiger partial charge < -0.3 is 36.7 Å². The number of rotatable bonds is 11. The average molecular weight is 434 g/mol. The summed E-state index contributed by atoms with van der Waals surface area (Å²) in [5.41, 5.74) is 6.93. The van der Waals surface area contributed by atoms with E-state index in [2.05, 4.69) is 15.6 Å². The largest absolute Gasteiger partial charge is 0.481 e. The number of hydrogen-bond acceptors (Lipinski definition) is 6. The molecule has 1 heterocycles. The Bertz CT molecular complexity index is 1000. The number of aromatic amines is 1. The highest BCUT2D eigenvalue weighted by Gasteiger charge is 2.30. The number of H-pyrrole nitrogens is 1. The molecule has 3 unspecified atom stereocenters. The summed E-state index contributed by atoms with van der Waals surface area (Å²) in [5, 5.41) is 32.0. The Morgan fingerprint density at radius 3 is 2.13 bits per heavy atom. The molecule has 0 saturated carbocycles. The van der Waals surface area contributed by atoms with Crippen LogP contribution in [0.25, 0.3) is 10.9 Å². The molecule has 2 rings (SSSR count). The van der Waals surface area contributed by atoms with Gasteiger partial charge in [0, 0.05) is 23.5 Å². The number of para-hydroxylation sites is 1. The molecule has 166 valence electrons. The van der Waals surface area contributed by atoms with Gasteiger partial charge in [0.25, 0.3) is 0 Å². The number of nitrogens with two attached hydrogens (primary N) is 1. The smallest absolute Gasteiger partial charge is 0.326 e. The first-order valence-corrected chi connectivity index (χ1v) is 9.16. The maximum Gasteiger partial charge on any atom is 0.326 e. The Morgan fingerprint density at radius 2 is 1.52 bits per heavy atom. The number of carbonyl (C=O) groups is 5. The molecule has 3 atom stereocenters. The molecule has 0 saturated heterocycles. The summed E-state index contributed by atoms with van der Waals surface area (Å²) < 4.78 is 0. The molecule has 8 N–H and O–H groups in total. The van der Waals surface area contributed by atoms with E-state index in [0.717, 1.165) is 10.9 Å². The number of benzene rings is 1. The van der Waals surface area contributed by atoms with Crippen LogP contribution in [0.1, 0.15) is 18.4 Å². The fourth-order valence-electron chi connectivity index (χ4n) is 2.94. The van der Waals surface area contributed by atoms with Crippen LogP contribution >= 0.6 is 0 Å². The summed E-state index contributed by atoms with van der Waals surface area (Å²) in [6.45, 7) is 0. The fraction of sp³-hybridized carbons (Fsp3) is 0.316. The van der Waals surface area contributed by atoms with Crippen LogP contribution in [0, 0.1) is 0 Å². The summed E-state index contributed by atoms with van der Waals surface area (Å²) in [7, 11) is 0. The molecule has 0 radical (unpaired) electrons. The van der Waals surface area contributed by atoms with Gasteiger partial charge in [-0.3, -0.25) is 19.2 Å². The van der Waals surface area contributed by atoms with Crippen molar-refractivity contribution in [2.24, 2.45) is 5.73 Å². The van der Waals surface area contributed by atoms with Gasteiger partial charge in [0.05, 0.1) is 18.9 Å². The van der Waals surface area contributed by atoms with Crippen LogP contribution in [0.5, 0.6) is 0 Å². The summed E-state index contributed by atoms with van der Waals surface area (Å²) in [6, 6.07) is 2.64. The summed E-state index contributed by atoms with van der Waals surface area (Å²) in [4.78, 5) is 61.0. The van der Waals surface area contributed by atoms with Crippen molar-refractivity contribution in [3.63, 3.8) is 0 Å². The van der Waals surface area contributed by atoms with Crippen molar-refractivity contribution in [3.05, 3.63) is 36.0 Å². The topological polar surface area (TPSA) is 212 Å². The van der Waals surface area contributed by atoms with Gasteiger partial charge in [-0.1, -0.05) is 18.2 Å². The van der Waals surface area contributed by atoms with Crippen LogP contribution < -0.4 is 16.4 Å². The molecular formula is C19H22N4O8. The van der Waals surface area contributed by atoms with Crippen molar-refractivity contribution in [2.45, 2.75) is 37.4 Å². The molecule has 1 aromatic carbocycles. The minimum absolute atomic E-state index is 0.0826. The predicted molar refractivity (Wildman–Crippen MR) is 106 cm³/mol. The second-order valence-electron chi connectivity index (χ2n) is 6.83. The minimum Gasteiger partial charge on any atom is -0.481 e. The maximum absolute atomic E-state index is 12.7. The highest BCUT2D eigenvalue weighted by atomic mass is 16.4. The van der Waals surface area contributed by atoms with Crippen LogP contribution in [0.2, 0.25) is 0 Å². The Labute approximate surface area is 175 Å². The molecule has 0 bridgehead atoms. The van der Waals surface area contributed by atoms with Gasteiger partial charge in [0.1, 0.15) is 12.1 Å². The number of aliphatic carboxylic acids is 3. The lowest BCUT2D eigenvalue weighted by Crippen LogP contribution is -2.55. The third-order valence-corrected chi connectivity index (χ3v) is 4.46. The lowest BCUT2D eigenvalue weighted by molar-refractivity contribution is -0.147. The number of carbonyl (C=O) groups excluding carboxylic acids is 2. The zero-order valence-electron chi connectivity index (χ0n) is 16.2. The second-order valence-corrected chi connectivity index (χ2v) is 6.83. The molecule has 1 aromatic heterocycles. The molecule has 2 amide bonds. The van der Waals surface area contributed by atoms with Gasteiger partial charge in [-0.2, -0.15) is 0 Å². The van der Waals surface area contributed by atoms with Crippen molar-refractivity contribution in [1.29, 1.82) is 0 Å². The first-order chi connectivity index (χ1) is 14.6. The lowest BCUT2D eigenvalue weighted by atomic mass is 10.0. The van der Waals surface area contributed by atoms with Crippen molar-refractivity contribution in [3.8, 4) is 0 Å². The molecule has 0 aliphatic rings. The predicted octanol–water partition coefficient (Wildman–Crippen LogP) is -0.959. The molecule has 0 fully saturated rings. The van der Waals surface area contributed by atoms with E-state index in [1.807, 2.05) is 0 Å². The van der Waals surface area contributed by atoms with Crippen molar-refractivity contribution in [1.82, 2.24) is 15.6 Å². The number of carboxylic acid groups (broad SMARTS) is 3. The SMILES string of the molecule is NC(CC(=O)O)C(=O)NC(Cc1c[nH]c2ccccc12)C(=O)NC(CC(=O)O)C(=O)O. The molecule has 0 spiro atoms. The highest BCUT2D eigenvalue weighted by Crippen LogP contribution is 2.19. The number of hydrogen-bond donors (Lipinski definition) is 7. The number of nitrogens with one attached hydrogen (secondary N) is 3. The highest BCUT2D eigenvalue weighted by molar-refractivity contribution is 5.94. The molecule has 31 heavy (non-hydrogen) atoms. The Balaban J connectivity index is 2.26. The monoisotopic (exact) mass is 434 g/mol. The Kier molecular flexibility index (Phi) is 7.69. The quantitative estimate of drug-likeness (QED) is 0.232. The van der Waals surface area contributed by atoms with Gasteiger partial charge in [0.15, 0.2) is 0 Å². The first kappa shape index (κ1) is 23.3. The van der Waals surface area contributed by atoms with E-state index in [9.17, 15) is 24.0 Å². The number of fused-ring (bicyclic) bond motifs is 1. The van der Waals surface area contributed by atoms with Crippen molar-refractivity contribution in [2.75, 3.05) is 0 Å². The van der Waals surface area contributed by atoms with E-state index in [-0.39, 0.29) is 6.42 Å². The summed E-state index contributed by atoms with van der Waals surface area (Å²) in [5.74, 6) is -6.18. The van der Waals surface area contributed by atoms with Gasteiger partial charge >= 0.3 is 17.9 Å². The maximum atomic E-state index is 12.7. The molecule has 2 aromatic rings. The van der Waals surface area contributed by atoms with E-state index in [1.54, 1.807) is 30.5 Å². The third-order valence-electron chi connectivity index (χ3n) is 4.46. The van der Waals surface area contributed by atoms with E-state index in [0.29, 0.717) is 5.56 Å². The van der Waals surface area contributed by atoms with Gasteiger partial charge in [-0.05, 0) is 11.6 Å². The van der Waals surface area contributed by atoms with E-state index < -0.39 is 60.7 Å².